The third-order valence-corrected chi connectivity index (χ3v) is 4.65. The summed E-state index contributed by atoms with van der Waals surface area (Å²) >= 11 is 8.29. The van der Waals surface area contributed by atoms with Gasteiger partial charge in [-0.1, -0.05) is 24.6 Å². The number of halogens is 1. The van der Waals surface area contributed by atoms with Crippen LogP contribution in [0, 0.1) is 0 Å². The van der Waals surface area contributed by atoms with Gasteiger partial charge >= 0.3 is 0 Å². The van der Waals surface area contributed by atoms with E-state index in [1.165, 1.54) is 12.2 Å². The first-order valence-corrected chi connectivity index (χ1v) is 7.34. The summed E-state index contributed by atoms with van der Waals surface area (Å²) in [5, 5.41) is 5.18. The first-order chi connectivity index (χ1) is 8.08. The van der Waals surface area contributed by atoms with E-state index < -0.39 is 0 Å². The molecule has 2 rings (SSSR count). The summed E-state index contributed by atoms with van der Waals surface area (Å²) in [6, 6.07) is 6.61. The van der Waals surface area contributed by atoms with E-state index in [1.54, 1.807) is 0 Å². The molecule has 17 heavy (non-hydrogen) atoms. The number of benzene rings is 1. The van der Waals surface area contributed by atoms with Gasteiger partial charge in [0.1, 0.15) is 0 Å². The summed E-state index contributed by atoms with van der Waals surface area (Å²) in [6.45, 7) is 2.29. The van der Waals surface area contributed by atoms with Crippen LogP contribution in [0.5, 0.6) is 0 Å². The monoisotopic (exact) mass is 270 g/mol. The summed E-state index contributed by atoms with van der Waals surface area (Å²) in [5.74, 6) is 1.18. The van der Waals surface area contributed by atoms with Crippen LogP contribution in [0.3, 0.4) is 0 Å². The van der Waals surface area contributed by atoms with Crippen molar-refractivity contribution in [3.05, 3.63) is 23.2 Å². The maximum atomic E-state index is 6.25. The van der Waals surface area contributed by atoms with E-state index in [0.29, 0.717) is 6.04 Å². The summed E-state index contributed by atoms with van der Waals surface area (Å²) < 4.78 is 0. The van der Waals surface area contributed by atoms with E-state index in [-0.39, 0.29) is 0 Å². The molecule has 0 bridgehead atoms. The Morgan fingerprint density at radius 1 is 1.41 bits per heavy atom. The standard InChI is InChI=1S/C13H19ClN2S/c1-9-7-10(8-17-9)15-12-6-4-5-11(14)13(12)16(2)3/h4-6,9-10,15H,7-8H2,1-3H3. The molecular weight excluding hydrogens is 252 g/mol. The van der Waals surface area contributed by atoms with Crippen molar-refractivity contribution in [3.63, 3.8) is 0 Å². The van der Waals surface area contributed by atoms with Crippen molar-refractivity contribution in [1.29, 1.82) is 0 Å². The third kappa shape index (κ3) is 3.02. The van der Waals surface area contributed by atoms with Crippen molar-refractivity contribution in [1.82, 2.24) is 0 Å². The van der Waals surface area contributed by atoms with E-state index in [9.17, 15) is 0 Å². The molecule has 1 N–H and O–H groups in total. The molecule has 4 heteroatoms. The van der Waals surface area contributed by atoms with Crippen molar-refractivity contribution in [2.45, 2.75) is 24.6 Å². The number of para-hydroxylation sites is 1. The number of rotatable bonds is 3. The lowest BCUT2D eigenvalue weighted by molar-refractivity contribution is 0.747. The Hall–Kier alpha value is -0.540. The Morgan fingerprint density at radius 3 is 2.76 bits per heavy atom. The summed E-state index contributed by atoms with van der Waals surface area (Å²) in [7, 11) is 4.05. The highest BCUT2D eigenvalue weighted by Crippen LogP contribution is 2.35. The Labute approximate surface area is 113 Å². The summed E-state index contributed by atoms with van der Waals surface area (Å²) in [6.07, 6.45) is 1.23. The van der Waals surface area contributed by atoms with E-state index in [2.05, 4.69) is 23.2 Å². The van der Waals surface area contributed by atoms with Crippen LogP contribution in [0.1, 0.15) is 13.3 Å². The molecule has 0 amide bonds. The molecule has 94 valence electrons. The minimum atomic E-state index is 0.562. The van der Waals surface area contributed by atoms with Gasteiger partial charge in [0.05, 0.1) is 16.4 Å². The molecule has 0 spiro atoms. The Kier molecular flexibility index (Phi) is 4.10. The third-order valence-electron chi connectivity index (χ3n) is 2.99. The smallest absolute Gasteiger partial charge is 0.0786 e. The molecule has 0 aliphatic carbocycles. The minimum absolute atomic E-state index is 0.562. The SMILES string of the molecule is CC1CC(Nc2cccc(Cl)c2N(C)C)CS1. The number of hydrogen-bond donors (Lipinski definition) is 1. The molecule has 1 fully saturated rings. The average Bonchev–Trinajstić information content (AvgIpc) is 2.63. The maximum Gasteiger partial charge on any atom is 0.0786 e. The van der Waals surface area contributed by atoms with E-state index >= 15 is 0 Å². The fourth-order valence-electron chi connectivity index (χ4n) is 2.22. The topological polar surface area (TPSA) is 15.3 Å². The molecule has 2 atom stereocenters. The molecule has 0 aromatic heterocycles. The minimum Gasteiger partial charge on any atom is -0.380 e. The van der Waals surface area contributed by atoms with Gasteiger partial charge in [-0.3, -0.25) is 0 Å². The second-order valence-corrected chi connectivity index (χ2v) is 6.63. The number of anilines is 2. The van der Waals surface area contributed by atoms with Crippen LogP contribution in [0.4, 0.5) is 11.4 Å². The van der Waals surface area contributed by atoms with E-state index in [0.717, 1.165) is 21.6 Å². The molecule has 1 saturated heterocycles. The molecule has 1 aliphatic rings. The van der Waals surface area contributed by atoms with Crippen LogP contribution in [-0.4, -0.2) is 31.1 Å². The van der Waals surface area contributed by atoms with Crippen LogP contribution in [0.15, 0.2) is 18.2 Å². The second-order valence-electron chi connectivity index (χ2n) is 4.75. The highest BCUT2D eigenvalue weighted by Gasteiger charge is 2.22. The zero-order valence-corrected chi connectivity index (χ0v) is 12.1. The fourth-order valence-corrected chi connectivity index (χ4v) is 3.72. The average molecular weight is 271 g/mol. The van der Waals surface area contributed by atoms with Gasteiger partial charge in [-0.25, -0.2) is 0 Å². The summed E-state index contributed by atoms with van der Waals surface area (Å²) in [4.78, 5) is 2.07. The zero-order chi connectivity index (χ0) is 12.4. The quantitative estimate of drug-likeness (QED) is 0.901. The normalized spacial score (nSPS) is 23.8. The number of thioether (sulfide) groups is 1. The van der Waals surface area contributed by atoms with Gasteiger partial charge in [0, 0.05) is 31.1 Å². The van der Waals surface area contributed by atoms with Crippen molar-refractivity contribution < 1.29 is 0 Å². The molecular formula is C13H19ClN2S. The van der Waals surface area contributed by atoms with E-state index in [1.807, 2.05) is 38.0 Å². The molecule has 1 aromatic rings. The van der Waals surface area contributed by atoms with Crippen LogP contribution in [-0.2, 0) is 0 Å². The number of hydrogen-bond acceptors (Lipinski definition) is 3. The maximum absolute atomic E-state index is 6.25. The van der Waals surface area contributed by atoms with Gasteiger partial charge < -0.3 is 10.2 Å². The molecule has 0 radical (unpaired) electrons. The Morgan fingerprint density at radius 2 is 2.18 bits per heavy atom. The van der Waals surface area contributed by atoms with Crippen molar-refractivity contribution >= 4 is 34.7 Å². The lowest BCUT2D eigenvalue weighted by atomic mass is 10.1. The first kappa shape index (κ1) is 12.9. The van der Waals surface area contributed by atoms with E-state index in [4.69, 9.17) is 11.6 Å². The van der Waals surface area contributed by atoms with Crippen molar-refractivity contribution in [2.75, 3.05) is 30.1 Å². The van der Waals surface area contributed by atoms with Gasteiger partial charge in [-0.2, -0.15) is 11.8 Å². The number of nitrogens with one attached hydrogen (secondary N) is 1. The molecule has 1 heterocycles. The van der Waals surface area contributed by atoms with Crippen LogP contribution >= 0.6 is 23.4 Å². The first-order valence-electron chi connectivity index (χ1n) is 5.92. The molecule has 1 aliphatic heterocycles. The van der Waals surface area contributed by atoms with Gasteiger partial charge in [0.2, 0.25) is 0 Å². The number of nitrogens with zero attached hydrogens (tertiary/aromatic N) is 1. The zero-order valence-electron chi connectivity index (χ0n) is 10.5. The lowest BCUT2D eigenvalue weighted by Crippen LogP contribution is -2.21. The highest BCUT2D eigenvalue weighted by molar-refractivity contribution is 8.00. The van der Waals surface area contributed by atoms with Crippen LogP contribution in [0.25, 0.3) is 0 Å². The van der Waals surface area contributed by atoms with Crippen LogP contribution < -0.4 is 10.2 Å². The van der Waals surface area contributed by atoms with Gasteiger partial charge in [-0.15, -0.1) is 0 Å². The van der Waals surface area contributed by atoms with Crippen molar-refractivity contribution in [2.24, 2.45) is 0 Å². The second kappa shape index (κ2) is 5.40. The molecule has 0 saturated carbocycles. The molecule has 2 nitrogen and oxygen atoms in total. The van der Waals surface area contributed by atoms with Crippen LogP contribution in [0.2, 0.25) is 5.02 Å². The highest BCUT2D eigenvalue weighted by atomic mass is 35.5. The Bertz CT molecular complexity index is 395. The predicted octanol–water partition coefficient (Wildman–Crippen LogP) is 3.71. The summed E-state index contributed by atoms with van der Waals surface area (Å²) in [5.41, 5.74) is 2.22. The van der Waals surface area contributed by atoms with Gasteiger partial charge in [0.25, 0.3) is 0 Å². The molecule has 1 aromatic carbocycles. The van der Waals surface area contributed by atoms with Gasteiger partial charge in [-0.05, 0) is 18.6 Å². The predicted molar refractivity (Wildman–Crippen MR) is 79.7 cm³/mol. The Balaban J connectivity index is 2.17. The molecule has 2 unspecified atom stereocenters. The fraction of sp³-hybridized carbons (Fsp3) is 0.538. The van der Waals surface area contributed by atoms with Gasteiger partial charge in [0.15, 0.2) is 0 Å². The van der Waals surface area contributed by atoms with Crippen molar-refractivity contribution in [3.8, 4) is 0 Å². The lowest BCUT2D eigenvalue weighted by Gasteiger charge is -2.22. The largest absolute Gasteiger partial charge is 0.380 e.